The van der Waals surface area contributed by atoms with Crippen molar-refractivity contribution in [3.8, 4) is 0 Å². The van der Waals surface area contributed by atoms with Crippen molar-refractivity contribution in [2.75, 3.05) is 0 Å². The zero-order chi connectivity index (χ0) is 25.9. The summed E-state index contributed by atoms with van der Waals surface area (Å²) in [5, 5.41) is 0. The highest BCUT2D eigenvalue weighted by Gasteiger charge is 2.57. The van der Waals surface area contributed by atoms with Gasteiger partial charge in [-0.3, -0.25) is 9.80 Å². The molecule has 6 atom stereocenters. The molecule has 0 aliphatic carbocycles. The Kier molecular flexibility index (Phi) is 7.27. The molecule has 2 nitrogen and oxygen atoms in total. The van der Waals surface area contributed by atoms with Gasteiger partial charge in [-0.1, -0.05) is 133 Å². The van der Waals surface area contributed by atoms with Gasteiger partial charge in [0.15, 0.2) is 0 Å². The van der Waals surface area contributed by atoms with Crippen molar-refractivity contribution in [2.45, 2.75) is 62.9 Å². The minimum atomic E-state index is 0.353. The van der Waals surface area contributed by atoms with Crippen molar-refractivity contribution < 1.29 is 0 Å². The van der Waals surface area contributed by atoms with Crippen LogP contribution in [0.4, 0.5) is 0 Å². The first-order valence-electron chi connectivity index (χ1n) is 14.1. The van der Waals surface area contributed by atoms with Crippen LogP contribution in [0.15, 0.2) is 127 Å². The molecule has 2 heterocycles. The van der Waals surface area contributed by atoms with E-state index in [2.05, 4.69) is 157 Å². The molecule has 2 saturated heterocycles. The monoisotopic (exact) mass is 498 g/mol. The molecule has 0 radical (unpaired) electrons. The van der Waals surface area contributed by atoms with Crippen LogP contribution >= 0.6 is 0 Å². The van der Waals surface area contributed by atoms with E-state index in [1.54, 1.807) is 0 Å². The molecule has 6 rings (SSSR count). The summed E-state index contributed by atoms with van der Waals surface area (Å²) in [6.45, 7) is 4.82. The highest BCUT2D eigenvalue weighted by molar-refractivity contribution is 5.48. The van der Waals surface area contributed by atoms with Gasteiger partial charge in [0, 0.05) is 30.2 Å². The molecule has 0 saturated carbocycles. The van der Waals surface area contributed by atoms with Gasteiger partial charge >= 0.3 is 0 Å². The van der Waals surface area contributed by atoms with Gasteiger partial charge in [0.25, 0.3) is 0 Å². The third-order valence-electron chi connectivity index (χ3n) is 8.85. The molecule has 0 N–H and O–H groups in total. The van der Waals surface area contributed by atoms with Crippen LogP contribution in [0.1, 0.15) is 67.1 Å². The second kappa shape index (κ2) is 11.1. The minimum absolute atomic E-state index is 0.353. The van der Waals surface area contributed by atoms with Gasteiger partial charge in [0.1, 0.15) is 0 Å². The molecule has 0 amide bonds. The number of piperazine rings is 1. The van der Waals surface area contributed by atoms with Crippen molar-refractivity contribution in [2.24, 2.45) is 0 Å². The fraction of sp³-hybridized carbons (Fsp3) is 0.278. The van der Waals surface area contributed by atoms with Gasteiger partial charge in [0.2, 0.25) is 0 Å². The zero-order valence-corrected chi connectivity index (χ0v) is 22.5. The van der Waals surface area contributed by atoms with Crippen LogP contribution in [0.2, 0.25) is 0 Å². The molecule has 4 unspecified atom stereocenters. The number of rotatable bonds is 8. The van der Waals surface area contributed by atoms with Crippen LogP contribution in [0.3, 0.4) is 0 Å². The van der Waals surface area contributed by atoms with E-state index in [1.807, 2.05) is 0 Å². The Bertz CT molecular complexity index is 1320. The predicted octanol–water partition coefficient (Wildman–Crippen LogP) is 8.48. The number of hydrogen-bond donors (Lipinski definition) is 0. The Morgan fingerprint density at radius 2 is 1.13 bits per heavy atom. The van der Waals surface area contributed by atoms with Crippen molar-refractivity contribution in [3.63, 3.8) is 0 Å². The molecule has 2 aliphatic rings. The molecule has 0 aromatic heterocycles. The first-order chi connectivity index (χ1) is 18.7. The van der Waals surface area contributed by atoms with Crippen LogP contribution in [-0.4, -0.2) is 27.9 Å². The van der Waals surface area contributed by atoms with E-state index in [9.17, 15) is 0 Å². The van der Waals surface area contributed by atoms with Crippen LogP contribution < -0.4 is 0 Å². The van der Waals surface area contributed by atoms with E-state index < -0.39 is 0 Å². The molecular formula is C36H38N2. The molecule has 4 aromatic rings. The van der Waals surface area contributed by atoms with E-state index in [4.69, 9.17) is 0 Å². The van der Waals surface area contributed by atoms with Gasteiger partial charge in [0.05, 0.1) is 6.04 Å². The fourth-order valence-corrected chi connectivity index (χ4v) is 7.13. The zero-order valence-electron chi connectivity index (χ0n) is 22.5. The summed E-state index contributed by atoms with van der Waals surface area (Å²) in [6.07, 6.45) is 6.97. The molecule has 2 aliphatic heterocycles. The predicted molar refractivity (Wildman–Crippen MR) is 159 cm³/mol. The first-order valence-corrected chi connectivity index (χ1v) is 14.1. The van der Waals surface area contributed by atoms with E-state index in [0.717, 1.165) is 6.42 Å². The van der Waals surface area contributed by atoms with Gasteiger partial charge in [-0.15, -0.1) is 0 Å². The van der Waals surface area contributed by atoms with Gasteiger partial charge in [-0.05, 0) is 48.9 Å². The lowest BCUT2D eigenvalue weighted by molar-refractivity contribution is -0.0186. The summed E-state index contributed by atoms with van der Waals surface area (Å²) < 4.78 is 0. The fourth-order valence-electron chi connectivity index (χ4n) is 7.13. The third-order valence-corrected chi connectivity index (χ3v) is 8.85. The molecule has 192 valence electrons. The van der Waals surface area contributed by atoms with E-state index in [1.165, 1.54) is 28.7 Å². The number of nitrogens with zero attached hydrogens (tertiary/aromatic N) is 2. The Hall–Kier alpha value is -3.46. The number of likely N-dealkylation sites (tertiary alicyclic amines) is 2. The average Bonchev–Trinajstić information content (AvgIpc) is 3.55. The third kappa shape index (κ3) is 4.75. The largest absolute Gasteiger partial charge is 0.287 e. The number of benzene rings is 4. The lowest BCUT2D eigenvalue weighted by atomic mass is 9.91. The second-order valence-corrected chi connectivity index (χ2v) is 10.9. The standard InChI is InChI=1S/C36H38N2/c1-27(30-19-9-4-10-20-30)37-33(25-15-18-29-16-7-3-8-17-29)34-26-35(37)36(32-23-13-6-14-24-32)38(34)28(2)31-21-11-5-12-22-31/h3-24,27-28,33-36H,25-26H2,1-2H3/b18-15+/t27-,28-,33?,34?,35?,36?/m0/s1. The van der Waals surface area contributed by atoms with Crippen LogP contribution in [-0.2, 0) is 0 Å². The van der Waals surface area contributed by atoms with Gasteiger partial charge in [-0.2, -0.15) is 0 Å². The lowest BCUT2D eigenvalue weighted by Gasteiger charge is -2.50. The van der Waals surface area contributed by atoms with Crippen LogP contribution in [0.25, 0.3) is 6.08 Å². The van der Waals surface area contributed by atoms with Crippen LogP contribution in [0, 0.1) is 0 Å². The molecule has 38 heavy (non-hydrogen) atoms. The summed E-state index contributed by atoms with van der Waals surface area (Å²) in [5.41, 5.74) is 5.52. The Balaban J connectivity index is 1.39. The topological polar surface area (TPSA) is 6.48 Å². The van der Waals surface area contributed by atoms with E-state index in [-0.39, 0.29) is 0 Å². The van der Waals surface area contributed by atoms with Gasteiger partial charge < -0.3 is 0 Å². The summed E-state index contributed by atoms with van der Waals surface area (Å²) in [4.78, 5) is 5.71. The molecular weight excluding hydrogens is 460 g/mol. The van der Waals surface area contributed by atoms with Gasteiger partial charge in [-0.25, -0.2) is 0 Å². The summed E-state index contributed by atoms with van der Waals surface area (Å²) in [5.74, 6) is 0. The maximum absolute atomic E-state index is 2.86. The molecule has 2 bridgehead atoms. The molecule has 2 heteroatoms. The summed E-state index contributed by atoms with van der Waals surface area (Å²) in [6, 6.07) is 46.6. The highest BCUT2D eigenvalue weighted by atomic mass is 15.4. The normalized spacial score (nSPS) is 25.1. The average molecular weight is 499 g/mol. The second-order valence-electron chi connectivity index (χ2n) is 10.9. The molecule has 4 aromatic carbocycles. The lowest BCUT2D eigenvalue weighted by Crippen LogP contribution is -2.55. The van der Waals surface area contributed by atoms with Crippen molar-refractivity contribution in [1.29, 1.82) is 0 Å². The Morgan fingerprint density at radius 1 is 0.632 bits per heavy atom. The Morgan fingerprint density at radius 3 is 1.71 bits per heavy atom. The quantitative estimate of drug-likeness (QED) is 0.240. The molecule has 2 fully saturated rings. The maximum atomic E-state index is 2.86. The SMILES string of the molecule is C[C@@H](c1ccccc1)N1C(C/C=C/c2ccccc2)C2CC1C(c1ccccc1)N2[C@@H](C)c1ccccc1. The number of fused-ring (bicyclic) bond motifs is 2. The Labute approximate surface area is 228 Å². The van der Waals surface area contributed by atoms with Crippen molar-refractivity contribution in [1.82, 2.24) is 9.80 Å². The molecule has 0 spiro atoms. The van der Waals surface area contributed by atoms with Crippen molar-refractivity contribution in [3.05, 3.63) is 150 Å². The van der Waals surface area contributed by atoms with E-state index in [0.29, 0.717) is 36.3 Å². The highest BCUT2D eigenvalue weighted by Crippen LogP contribution is 2.54. The maximum Gasteiger partial charge on any atom is 0.0514 e. The van der Waals surface area contributed by atoms with Crippen LogP contribution in [0.5, 0.6) is 0 Å². The summed E-state index contributed by atoms with van der Waals surface area (Å²) >= 11 is 0. The van der Waals surface area contributed by atoms with E-state index >= 15 is 0 Å². The smallest absolute Gasteiger partial charge is 0.0514 e. The van der Waals surface area contributed by atoms with Crippen molar-refractivity contribution >= 4 is 6.08 Å². The number of hydrogen-bond acceptors (Lipinski definition) is 2. The minimum Gasteiger partial charge on any atom is -0.287 e. The first kappa shape index (κ1) is 24.9. The summed E-state index contributed by atoms with van der Waals surface area (Å²) in [7, 11) is 0.